The van der Waals surface area contributed by atoms with Crippen LogP contribution in [0, 0.1) is 0 Å². The molecule has 0 bridgehead atoms. The number of aliphatic hydroxyl groups is 1. The van der Waals surface area contributed by atoms with Gasteiger partial charge in [0.25, 0.3) is 16.6 Å². The van der Waals surface area contributed by atoms with E-state index in [0.717, 1.165) is 48.3 Å². The van der Waals surface area contributed by atoms with Crippen molar-refractivity contribution in [2.45, 2.75) is 123 Å². The highest BCUT2D eigenvalue weighted by molar-refractivity contribution is 6.75. The summed E-state index contributed by atoms with van der Waals surface area (Å²) in [5.74, 6) is 1.73. The van der Waals surface area contributed by atoms with Crippen molar-refractivity contribution >= 4 is 34.9 Å². The van der Waals surface area contributed by atoms with Crippen LogP contribution in [0.25, 0.3) is 18.2 Å². The SMILES string of the molecule is CC(C)(O)CCCC/C=C/c1cccc(/C=C/c2ccc(O[Si](C)(C)C(C)(C)C)c(O[Si](C)(C)C(C)(C)C)c2)c1. The van der Waals surface area contributed by atoms with Crippen molar-refractivity contribution in [3.05, 3.63) is 65.2 Å². The lowest BCUT2D eigenvalue weighted by molar-refractivity contribution is 0.0683. The Labute approximate surface area is 248 Å². The Morgan fingerprint density at radius 2 is 1.15 bits per heavy atom. The molecule has 40 heavy (non-hydrogen) atoms. The van der Waals surface area contributed by atoms with Gasteiger partial charge in [-0.1, -0.05) is 96.5 Å². The molecule has 1 N–H and O–H groups in total. The fraction of sp³-hybridized carbons (Fsp3) is 0.543. The number of allylic oxidation sites excluding steroid dienone is 1. The Bertz CT molecular complexity index is 1160. The van der Waals surface area contributed by atoms with E-state index < -0.39 is 22.2 Å². The summed E-state index contributed by atoms with van der Waals surface area (Å²) in [5, 5.41) is 10.1. The normalized spacial score (nSPS) is 13.8. The maximum atomic E-state index is 9.87. The highest BCUT2D eigenvalue weighted by Gasteiger charge is 2.42. The number of hydrogen-bond donors (Lipinski definition) is 1. The molecule has 5 heteroatoms. The molecule has 0 unspecified atom stereocenters. The zero-order chi connectivity index (χ0) is 30.4. The second kappa shape index (κ2) is 13.3. The van der Waals surface area contributed by atoms with Crippen LogP contribution < -0.4 is 8.85 Å². The van der Waals surface area contributed by atoms with E-state index in [0.29, 0.717) is 0 Å². The van der Waals surface area contributed by atoms with Gasteiger partial charge < -0.3 is 14.0 Å². The van der Waals surface area contributed by atoms with Crippen molar-refractivity contribution in [1.82, 2.24) is 0 Å². The number of unbranched alkanes of at least 4 members (excludes halogenated alkanes) is 2. The summed E-state index contributed by atoms with van der Waals surface area (Å²) in [4.78, 5) is 0. The Hall–Kier alpha value is -2.09. The Kier molecular flexibility index (Phi) is 11.3. The fourth-order valence-corrected chi connectivity index (χ4v) is 5.69. The highest BCUT2D eigenvalue weighted by atomic mass is 28.4. The number of benzene rings is 2. The Morgan fingerprint density at radius 3 is 1.68 bits per heavy atom. The molecule has 3 nitrogen and oxygen atoms in total. The molecule has 2 aromatic carbocycles. The van der Waals surface area contributed by atoms with Gasteiger partial charge in [0.1, 0.15) is 11.5 Å². The molecule has 0 aliphatic rings. The second-order valence-electron chi connectivity index (χ2n) is 14.9. The summed E-state index contributed by atoms with van der Waals surface area (Å²) in [7, 11) is -4.08. The van der Waals surface area contributed by atoms with E-state index in [1.165, 1.54) is 5.56 Å². The number of hydrogen-bond acceptors (Lipinski definition) is 3. The minimum Gasteiger partial charge on any atom is -0.541 e. The van der Waals surface area contributed by atoms with Crippen LogP contribution in [0.15, 0.2) is 48.5 Å². The van der Waals surface area contributed by atoms with E-state index in [1.54, 1.807) is 0 Å². The summed E-state index contributed by atoms with van der Waals surface area (Å²) < 4.78 is 13.6. The summed E-state index contributed by atoms with van der Waals surface area (Å²) in [6, 6.07) is 15.0. The minimum atomic E-state index is -2.06. The fourth-order valence-electron chi connectivity index (χ4n) is 3.65. The predicted octanol–water partition coefficient (Wildman–Crippen LogP) is 11.0. The molecule has 222 valence electrons. The van der Waals surface area contributed by atoms with Gasteiger partial charge in [-0.25, -0.2) is 0 Å². The molecule has 0 amide bonds. The second-order valence-corrected chi connectivity index (χ2v) is 24.3. The lowest BCUT2D eigenvalue weighted by Gasteiger charge is -2.39. The van der Waals surface area contributed by atoms with Gasteiger partial charge in [-0.15, -0.1) is 0 Å². The predicted molar refractivity (Wildman–Crippen MR) is 181 cm³/mol. The standard InChI is InChI=1S/C35H56O3Si2/c1-33(2,3)39(9,10)37-31-24-23-30(27-32(31)38-40(11,12)34(4,5)6)22-21-29-20-17-19-28(26-29)18-15-13-14-16-25-35(7,8)36/h15,17-24,26-27,36H,13-14,16,25H2,1-12H3/b18-15+,22-21+. The number of rotatable bonds is 12. The first kappa shape index (κ1) is 34.1. The van der Waals surface area contributed by atoms with Crippen molar-refractivity contribution in [2.75, 3.05) is 0 Å². The average Bonchev–Trinajstić information content (AvgIpc) is 2.79. The lowest BCUT2D eigenvalue weighted by atomic mass is 10.0. The van der Waals surface area contributed by atoms with Gasteiger partial charge in [-0.2, -0.15) is 0 Å². The maximum Gasteiger partial charge on any atom is 0.250 e. The van der Waals surface area contributed by atoms with Crippen molar-refractivity contribution in [1.29, 1.82) is 0 Å². The van der Waals surface area contributed by atoms with Crippen LogP contribution in [0.1, 0.15) is 97.8 Å². The Morgan fingerprint density at radius 1 is 0.650 bits per heavy atom. The molecule has 0 atom stereocenters. The van der Waals surface area contributed by atoms with Gasteiger partial charge in [0.05, 0.1) is 5.60 Å². The first-order valence-electron chi connectivity index (χ1n) is 14.9. The third-order valence-electron chi connectivity index (χ3n) is 8.41. The van der Waals surface area contributed by atoms with E-state index in [9.17, 15) is 5.11 Å². The topological polar surface area (TPSA) is 38.7 Å². The van der Waals surface area contributed by atoms with E-state index in [2.05, 4.69) is 134 Å². The molecule has 0 radical (unpaired) electrons. The van der Waals surface area contributed by atoms with E-state index in [-0.39, 0.29) is 10.1 Å². The molecule has 0 aliphatic carbocycles. The van der Waals surface area contributed by atoms with Gasteiger partial charge in [0.2, 0.25) is 0 Å². The van der Waals surface area contributed by atoms with E-state index >= 15 is 0 Å². The van der Waals surface area contributed by atoms with Crippen molar-refractivity contribution in [3.8, 4) is 11.5 Å². The molecule has 0 aliphatic heterocycles. The maximum absolute atomic E-state index is 9.87. The molecule has 0 saturated heterocycles. The van der Waals surface area contributed by atoms with E-state index in [4.69, 9.17) is 8.85 Å². The third-order valence-corrected chi connectivity index (χ3v) is 17.1. The molecule has 2 aromatic rings. The molecular weight excluding hydrogens is 525 g/mol. The Balaban J connectivity index is 2.25. The molecular formula is C35H56O3Si2. The third kappa shape index (κ3) is 10.7. The summed E-state index contributed by atoms with van der Waals surface area (Å²) >= 11 is 0. The summed E-state index contributed by atoms with van der Waals surface area (Å²) in [6.07, 6.45) is 12.8. The first-order chi connectivity index (χ1) is 18.2. The lowest BCUT2D eigenvalue weighted by Crippen LogP contribution is -2.45. The minimum absolute atomic E-state index is 0.0937. The zero-order valence-electron chi connectivity index (χ0n) is 27.4. The van der Waals surface area contributed by atoms with Gasteiger partial charge in [-0.3, -0.25) is 0 Å². The zero-order valence-corrected chi connectivity index (χ0v) is 29.4. The summed E-state index contributed by atoms with van der Waals surface area (Å²) in [5.41, 5.74) is 2.89. The molecule has 0 spiro atoms. The molecule has 0 fully saturated rings. The summed E-state index contributed by atoms with van der Waals surface area (Å²) in [6.45, 7) is 26.5. The highest BCUT2D eigenvalue weighted by Crippen LogP contribution is 2.44. The molecule has 0 saturated carbocycles. The first-order valence-corrected chi connectivity index (χ1v) is 20.7. The van der Waals surface area contributed by atoms with Crippen LogP contribution in [0.3, 0.4) is 0 Å². The van der Waals surface area contributed by atoms with Crippen LogP contribution in [-0.2, 0) is 0 Å². The van der Waals surface area contributed by atoms with Crippen molar-refractivity contribution in [3.63, 3.8) is 0 Å². The van der Waals surface area contributed by atoms with Gasteiger partial charge in [0.15, 0.2) is 0 Å². The molecule has 0 aromatic heterocycles. The molecule has 2 rings (SSSR count). The monoisotopic (exact) mass is 580 g/mol. The van der Waals surface area contributed by atoms with Crippen LogP contribution in [0.2, 0.25) is 36.3 Å². The smallest absolute Gasteiger partial charge is 0.250 e. The van der Waals surface area contributed by atoms with Crippen molar-refractivity contribution in [2.24, 2.45) is 0 Å². The molecule has 0 heterocycles. The quantitative estimate of drug-likeness (QED) is 0.154. The van der Waals surface area contributed by atoms with Crippen LogP contribution in [0.5, 0.6) is 11.5 Å². The van der Waals surface area contributed by atoms with Gasteiger partial charge in [-0.05, 0) is 104 Å². The van der Waals surface area contributed by atoms with Crippen LogP contribution >= 0.6 is 0 Å². The van der Waals surface area contributed by atoms with Gasteiger partial charge >= 0.3 is 0 Å². The van der Waals surface area contributed by atoms with E-state index in [1.807, 2.05) is 13.8 Å². The van der Waals surface area contributed by atoms with Gasteiger partial charge in [0, 0.05) is 0 Å². The van der Waals surface area contributed by atoms with Crippen LogP contribution in [-0.4, -0.2) is 27.3 Å². The average molecular weight is 581 g/mol. The van der Waals surface area contributed by atoms with Crippen LogP contribution in [0.4, 0.5) is 0 Å². The van der Waals surface area contributed by atoms with Crippen molar-refractivity contribution < 1.29 is 14.0 Å². The largest absolute Gasteiger partial charge is 0.541 e.